The van der Waals surface area contributed by atoms with E-state index in [1.54, 1.807) is 43.6 Å². The maximum absolute atomic E-state index is 13.8. The van der Waals surface area contributed by atoms with E-state index in [-0.39, 0.29) is 11.1 Å². The van der Waals surface area contributed by atoms with Crippen molar-refractivity contribution in [2.24, 2.45) is 0 Å². The summed E-state index contributed by atoms with van der Waals surface area (Å²) < 4.78 is 48.8. The van der Waals surface area contributed by atoms with E-state index in [9.17, 15) is 18.4 Å². The van der Waals surface area contributed by atoms with Crippen LogP contribution in [-0.2, 0) is 12.7 Å². The van der Waals surface area contributed by atoms with E-state index in [2.05, 4.69) is 16.2 Å². The molecule has 3 aromatic heterocycles. The zero-order valence-corrected chi connectivity index (χ0v) is 16.8. The van der Waals surface area contributed by atoms with Gasteiger partial charge >= 0.3 is 6.18 Å². The molecule has 1 aromatic carbocycles. The molecule has 5 nitrogen and oxygen atoms in total. The number of aromatic nitrogens is 3. The summed E-state index contributed by atoms with van der Waals surface area (Å²) in [6.07, 6.45) is -0.0208. The molecule has 152 valence electrons. The third-order valence-corrected chi connectivity index (χ3v) is 5.69. The molecule has 3 heterocycles. The Morgan fingerprint density at radius 1 is 1.20 bits per heavy atom. The van der Waals surface area contributed by atoms with Crippen LogP contribution in [0.5, 0.6) is 5.75 Å². The average molecular weight is 428 g/mol. The molecule has 0 bridgehead atoms. The van der Waals surface area contributed by atoms with Crippen LogP contribution >= 0.6 is 11.3 Å². The first kappa shape index (κ1) is 19.9. The number of hydrogen-bond acceptors (Lipinski definition) is 5. The molecular weight excluding hydrogens is 413 g/mol. The number of pyridine rings is 1. The molecule has 9 heteroatoms. The predicted octanol–water partition coefficient (Wildman–Crippen LogP) is 5.75. The number of fused-ring (bicyclic) bond motifs is 1. The number of rotatable bonds is 4. The number of thiophene rings is 1. The molecule has 0 fully saturated rings. The first-order valence-electron chi connectivity index (χ1n) is 8.97. The summed E-state index contributed by atoms with van der Waals surface area (Å²) in [4.78, 5) is 4.74. The molecule has 0 saturated heterocycles. The summed E-state index contributed by atoms with van der Waals surface area (Å²) in [7, 11) is 1.41. The number of halogens is 3. The van der Waals surface area contributed by atoms with Crippen LogP contribution in [0, 0.1) is 11.3 Å². The number of nitriles is 1. The Morgan fingerprint density at radius 2 is 2.00 bits per heavy atom. The van der Waals surface area contributed by atoms with Gasteiger partial charge in [0.25, 0.3) is 0 Å². The van der Waals surface area contributed by atoms with Crippen LogP contribution in [0.25, 0.3) is 32.3 Å². The van der Waals surface area contributed by atoms with Gasteiger partial charge in [0.2, 0.25) is 0 Å². The highest BCUT2D eigenvalue weighted by Gasteiger charge is 2.38. The van der Waals surface area contributed by atoms with Crippen LogP contribution < -0.4 is 4.74 Å². The van der Waals surface area contributed by atoms with Gasteiger partial charge in [-0.2, -0.15) is 23.5 Å². The van der Waals surface area contributed by atoms with Crippen molar-refractivity contribution in [1.29, 1.82) is 5.26 Å². The third kappa shape index (κ3) is 3.29. The van der Waals surface area contributed by atoms with Crippen LogP contribution in [0.2, 0.25) is 0 Å². The van der Waals surface area contributed by atoms with Crippen molar-refractivity contribution in [3.05, 3.63) is 53.4 Å². The summed E-state index contributed by atoms with van der Waals surface area (Å²) in [5, 5.41) is 13.7. The van der Waals surface area contributed by atoms with Gasteiger partial charge in [-0.05, 0) is 24.6 Å². The highest BCUT2D eigenvalue weighted by molar-refractivity contribution is 7.19. The number of ether oxygens (including phenoxy) is 1. The second kappa shape index (κ2) is 7.46. The standard InChI is InChI=1S/C21H15F3N4OS/c1-3-28-11-16(20(27-28)21(22,23)24)19-13(5-4-6-17(19)29-2)15-9-26-10-18-14(15)7-12(8-25)30-18/h4-7,9-11H,3H2,1-2H3. The molecule has 0 unspecified atom stereocenters. The van der Waals surface area contributed by atoms with E-state index in [0.717, 1.165) is 10.1 Å². The lowest BCUT2D eigenvalue weighted by molar-refractivity contribution is -0.141. The molecule has 4 rings (SSSR count). The van der Waals surface area contributed by atoms with Crippen molar-refractivity contribution in [2.45, 2.75) is 19.6 Å². The highest BCUT2D eigenvalue weighted by Crippen LogP contribution is 2.46. The third-order valence-electron chi connectivity index (χ3n) is 4.72. The number of alkyl halides is 3. The zero-order valence-electron chi connectivity index (χ0n) is 16.0. The first-order chi connectivity index (χ1) is 14.4. The molecule has 0 aliphatic rings. The molecular formula is C21H15F3N4OS. The van der Waals surface area contributed by atoms with Crippen molar-refractivity contribution in [1.82, 2.24) is 14.8 Å². The first-order valence-corrected chi connectivity index (χ1v) is 9.79. The van der Waals surface area contributed by atoms with E-state index in [1.165, 1.54) is 29.3 Å². The molecule has 0 N–H and O–H groups in total. The molecule has 0 spiro atoms. The minimum atomic E-state index is -4.63. The Bertz CT molecular complexity index is 1280. The van der Waals surface area contributed by atoms with Crippen molar-refractivity contribution < 1.29 is 17.9 Å². The van der Waals surface area contributed by atoms with Crippen LogP contribution in [0.4, 0.5) is 13.2 Å². The largest absolute Gasteiger partial charge is 0.496 e. The second-order valence-electron chi connectivity index (χ2n) is 6.45. The van der Waals surface area contributed by atoms with Crippen LogP contribution in [-0.4, -0.2) is 21.9 Å². The smallest absolute Gasteiger partial charge is 0.435 e. The second-order valence-corrected chi connectivity index (χ2v) is 7.53. The van der Waals surface area contributed by atoms with Gasteiger partial charge in [-0.1, -0.05) is 12.1 Å². The van der Waals surface area contributed by atoms with Gasteiger partial charge in [0.05, 0.1) is 11.8 Å². The Labute approximate surface area is 174 Å². The SMILES string of the molecule is CCn1cc(-c2c(OC)cccc2-c2cncc3sc(C#N)cc23)c(C(F)(F)F)n1. The van der Waals surface area contributed by atoms with E-state index >= 15 is 0 Å². The van der Waals surface area contributed by atoms with Gasteiger partial charge in [0.15, 0.2) is 5.69 Å². The monoisotopic (exact) mass is 428 g/mol. The van der Waals surface area contributed by atoms with Gasteiger partial charge in [-0.15, -0.1) is 11.3 Å². The number of hydrogen-bond donors (Lipinski definition) is 0. The number of aryl methyl sites for hydroxylation is 1. The van der Waals surface area contributed by atoms with Crippen molar-refractivity contribution in [3.63, 3.8) is 0 Å². The van der Waals surface area contributed by atoms with E-state index in [1.807, 2.05) is 0 Å². The summed E-state index contributed by atoms with van der Waals surface area (Å²) in [6, 6.07) is 8.88. The van der Waals surface area contributed by atoms with Crippen molar-refractivity contribution in [3.8, 4) is 34.1 Å². The fourth-order valence-corrected chi connectivity index (χ4v) is 4.26. The predicted molar refractivity (Wildman–Crippen MR) is 108 cm³/mol. The molecule has 0 aliphatic heterocycles. The van der Waals surface area contributed by atoms with Gasteiger partial charge in [0, 0.05) is 47.2 Å². The Hall–Kier alpha value is -3.38. The Balaban J connectivity index is 2.07. The molecule has 0 saturated carbocycles. The van der Waals surface area contributed by atoms with Gasteiger partial charge in [-0.3, -0.25) is 9.67 Å². The minimum absolute atomic E-state index is 0.0652. The summed E-state index contributed by atoms with van der Waals surface area (Å²) in [5.41, 5.74) is 0.390. The Kier molecular flexibility index (Phi) is 4.95. The summed E-state index contributed by atoms with van der Waals surface area (Å²) in [5.74, 6) is 0.293. The fourth-order valence-electron chi connectivity index (χ4n) is 3.41. The molecule has 0 amide bonds. The fraction of sp³-hybridized carbons (Fsp3) is 0.190. The number of nitrogens with zero attached hydrogens (tertiary/aromatic N) is 4. The molecule has 4 aromatic rings. The molecule has 0 radical (unpaired) electrons. The number of methoxy groups -OCH3 is 1. The number of benzene rings is 1. The highest BCUT2D eigenvalue weighted by atomic mass is 32.1. The lowest BCUT2D eigenvalue weighted by atomic mass is 9.93. The summed E-state index contributed by atoms with van der Waals surface area (Å²) >= 11 is 1.28. The summed E-state index contributed by atoms with van der Waals surface area (Å²) in [6.45, 7) is 2.01. The minimum Gasteiger partial charge on any atom is -0.496 e. The Morgan fingerprint density at radius 3 is 2.67 bits per heavy atom. The van der Waals surface area contributed by atoms with Crippen molar-refractivity contribution in [2.75, 3.05) is 7.11 Å². The van der Waals surface area contributed by atoms with E-state index < -0.39 is 11.9 Å². The van der Waals surface area contributed by atoms with Crippen LogP contribution in [0.3, 0.4) is 0 Å². The van der Waals surface area contributed by atoms with Crippen LogP contribution in [0.15, 0.2) is 42.9 Å². The van der Waals surface area contributed by atoms with E-state index in [0.29, 0.717) is 28.3 Å². The molecule has 0 aliphatic carbocycles. The van der Waals surface area contributed by atoms with Crippen molar-refractivity contribution >= 4 is 21.4 Å². The molecule has 30 heavy (non-hydrogen) atoms. The lowest BCUT2D eigenvalue weighted by Gasteiger charge is -2.15. The van der Waals surface area contributed by atoms with Gasteiger partial charge < -0.3 is 4.74 Å². The maximum Gasteiger partial charge on any atom is 0.435 e. The van der Waals surface area contributed by atoms with Gasteiger partial charge in [0.1, 0.15) is 16.7 Å². The maximum atomic E-state index is 13.8. The topological polar surface area (TPSA) is 63.7 Å². The van der Waals surface area contributed by atoms with Crippen LogP contribution in [0.1, 0.15) is 17.5 Å². The molecule has 0 atom stereocenters. The average Bonchev–Trinajstić information content (AvgIpc) is 3.36. The van der Waals surface area contributed by atoms with Gasteiger partial charge in [-0.25, -0.2) is 0 Å². The normalized spacial score (nSPS) is 11.6. The lowest BCUT2D eigenvalue weighted by Crippen LogP contribution is -2.09. The quantitative estimate of drug-likeness (QED) is 0.415. The van der Waals surface area contributed by atoms with E-state index in [4.69, 9.17) is 4.74 Å². The zero-order chi connectivity index (χ0) is 21.5.